The van der Waals surface area contributed by atoms with Gasteiger partial charge in [0.25, 0.3) is 5.91 Å². The van der Waals surface area contributed by atoms with E-state index in [0.717, 1.165) is 32.5 Å². The van der Waals surface area contributed by atoms with Gasteiger partial charge in [-0.15, -0.1) is 0 Å². The van der Waals surface area contributed by atoms with E-state index in [9.17, 15) is 9.59 Å². The Morgan fingerprint density at radius 2 is 1.90 bits per heavy atom. The van der Waals surface area contributed by atoms with Crippen molar-refractivity contribution in [3.63, 3.8) is 0 Å². The summed E-state index contributed by atoms with van der Waals surface area (Å²) in [6.07, 6.45) is 1.93. The first kappa shape index (κ1) is 15.5. The van der Waals surface area contributed by atoms with Crippen LogP contribution < -0.4 is 5.32 Å². The molecule has 0 aliphatic carbocycles. The highest BCUT2D eigenvalue weighted by Crippen LogP contribution is 2.17. The minimum Gasteiger partial charge on any atom is -0.384 e. The summed E-state index contributed by atoms with van der Waals surface area (Å²) in [5.41, 5.74) is 0.573. The number of carbonyl (C=O) groups is 2. The van der Waals surface area contributed by atoms with Gasteiger partial charge in [0, 0.05) is 32.4 Å². The Hall–Kier alpha value is -1.88. The summed E-state index contributed by atoms with van der Waals surface area (Å²) in [4.78, 5) is 25.8. The highest BCUT2D eigenvalue weighted by molar-refractivity contribution is 5.96. The number of piperidine rings is 1. The third-order valence-electron chi connectivity index (χ3n) is 3.81. The Labute approximate surface area is 125 Å². The van der Waals surface area contributed by atoms with Crippen LogP contribution in [-0.2, 0) is 9.53 Å². The monoisotopic (exact) mass is 290 g/mol. The Bertz CT molecular complexity index is 468. The third-order valence-corrected chi connectivity index (χ3v) is 3.81. The molecule has 1 saturated heterocycles. The van der Waals surface area contributed by atoms with Crippen molar-refractivity contribution in [2.24, 2.45) is 5.92 Å². The van der Waals surface area contributed by atoms with Gasteiger partial charge in [-0.05, 0) is 30.9 Å². The van der Waals surface area contributed by atoms with Crippen LogP contribution >= 0.6 is 0 Å². The van der Waals surface area contributed by atoms with Gasteiger partial charge in [0.05, 0.1) is 6.54 Å². The lowest BCUT2D eigenvalue weighted by molar-refractivity contribution is -0.131. The first-order valence-corrected chi connectivity index (χ1v) is 7.30. The number of nitrogens with zero attached hydrogens (tertiary/aromatic N) is 1. The Morgan fingerprint density at radius 3 is 2.52 bits per heavy atom. The van der Waals surface area contributed by atoms with Crippen LogP contribution in [0, 0.1) is 5.92 Å². The number of carbonyl (C=O) groups excluding carboxylic acids is 2. The van der Waals surface area contributed by atoms with Crippen molar-refractivity contribution in [2.75, 3.05) is 33.4 Å². The molecule has 0 aromatic heterocycles. The molecule has 114 valence electrons. The average Bonchev–Trinajstić information content (AvgIpc) is 2.54. The molecule has 0 saturated carbocycles. The summed E-state index contributed by atoms with van der Waals surface area (Å²) < 4.78 is 5.14. The fourth-order valence-corrected chi connectivity index (χ4v) is 2.54. The number of nitrogens with one attached hydrogen (secondary N) is 1. The molecule has 1 aromatic carbocycles. The highest BCUT2D eigenvalue weighted by atomic mass is 16.5. The van der Waals surface area contributed by atoms with E-state index in [1.807, 2.05) is 11.0 Å². The van der Waals surface area contributed by atoms with E-state index >= 15 is 0 Å². The zero-order chi connectivity index (χ0) is 15.1. The molecule has 2 amide bonds. The van der Waals surface area contributed by atoms with E-state index in [1.165, 1.54) is 0 Å². The average molecular weight is 290 g/mol. The summed E-state index contributed by atoms with van der Waals surface area (Å²) >= 11 is 0. The van der Waals surface area contributed by atoms with Gasteiger partial charge in [-0.3, -0.25) is 9.59 Å². The molecule has 5 heteroatoms. The maximum absolute atomic E-state index is 12.1. The van der Waals surface area contributed by atoms with E-state index in [4.69, 9.17) is 4.74 Å². The molecular weight excluding hydrogens is 268 g/mol. The standard InChI is InChI=1S/C16H22N2O3/c1-21-12-13-7-9-18(10-8-13)15(19)11-17-16(20)14-5-3-2-4-6-14/h2-6,13H,7-12H2,1H3,(H,17,20). The molecular formula is C16H22N2O3. The second-order valence-electron chi connectivity index (χ2n) is 5.33. The minimum absolute atomic E-state index is 0.0184. The minimum atomic E-state index is -0.210. The van der Waals surface area contributed by atoms with E-state index in [0.29, 0.717) is 11.5 Å². The van der Waals surface area contributed by atoms with E-state index in [1.54, 1.807) is 31.4 Å². The maximum Gasteiger partial charge on any atom is 0.251 e. The van der Waals surface area contributed by atoms with E-state index < -0.39 is 0 Å². The number of rotatable bonds is 5. The molecule has 5 nitrogen and oxygen atoms in total. The second kappa shape index (κ2) is 7.78. The summed E-state index contributed by atoms with van der Waals surface area (Å²) in [6.45, 7) is 2.30. The Balaban J connectivity index is 1.74. The number of likely N-dealkylation sites (tertiary alicyclic amines) is 1. The molecule has 21 heavy (non-hydrogen) atoms. The Morgan fingerprint density at radius 1 is 1.24 bits per heavy atom. The quantitative estimate of drug-likeness (QED) is 0.889. The first-order chi connectivity index (χ1) is 10.2. The van der Waals surface area contributed by atoms with Crippen molar-refractivity contribution in [1.82, 2.24) is 10.2 Å². The summed E-state index contributed by atoms with van der Waals surface area (Å²) in [5.74, 6) is 0.311. The van der Waals surface area contributed by atoms with Crippen molar-refractivity contribution in [1.29, 1.82) is 0 Å². The van der Waals surface area contributed by atoms with Crippen LogP contribution in [0.1, 0.15) is 23.2 Å². The topological polar surface area (TPSA) is 58.6 Å². The largest absolute Gasteiger partial charge is 0.384 e. The van der Waals surface area contributed by atoms with Crippen LogP contribution in [0.15, 0.2) is 30.3 Å². The first-order valence-electron chi connectivity index (χ1n) is 7.30. The van der Waals surface area contributed by atoms with Crippen molar-refractivity contribution >= 4 is 11.8 Å². The zero-order valence-electron chi connectivity index (χ0n) is 12.4. The zero-order valence-corrected chi connectivity index (χ0v) is 12.4. The van der Waals surface area contributed by atoms with Gasteiger partial charge < -0.3 is 15.0 Å². The van der Waals surface area contributed by atoms with E-state index in [-0.39, 0.29) is 18.4 Å². The van der Waals surface area contributed by atoms with Gasteiger partial charge in [-0.1, -0.05) is 18.2 Å². The van der Waals surface area contributed by atoms with Gasteiger partial charge in [0.15, 0.2) is 0 Å². The molecule has 0 unspecified atom stereocenters. The molecule has 1 heterocycles. The summed E-state index contributed by atoms with van der Waals surface area (Å²) in [6, 6.07) is 8.92. The maximum atomic E-state index is 12.1. The van der Waals surface area contributed by atoms with Crippen LogP contribution in [0.25, 0.3) is 0 Å². The number of amides is 2. The van der Waals surface area contributed by atoms with Crippen molar-refractivity contribution < 1.29 is 14.3 Å². The molecule has 0 radical (unpaired) electrons. The number of methoxy groups -OCH3 is 1. The van der Waals surface area contributed by atoms with Gasteiger partial charge in [-0.2, -0.15) is 0 Å². The molecule has 2 rings (SSSR count). The van der Waals surface area contributed by atoms with E-state index in [2.05, 4.69) is 5.32 Å². The number of ether oxygens (including phenoxy) is 1. The van der Waals surface area contributed by atoms with Gasteiger partial charge in [0.2, 0.25) is 5.91 Å². The molecule has 0 spiro atoms. The molecule has 0 atom stereocenters. The fraction of sp³-hybridized carbons (Fsp3) is 0.500. The summed E-state index contributed by atoms with van der Waals surface area (Å²) in [7, 11) is 1.71. The van der Waals surface area contributed by atoms with Crippen LogP contribution in [0.5, 0.6) is 0 Å². The van der Waals surface area contributed by atoms with Crippen molar-refractivity contribution in [2.45, 2.75) is 12.8 Å². The summed E-state index contributed by atoms with van der Waals surface area (Å²) in [5, 5.41) is 2.68. The lowest BCUT2D eigenvalue weighted by atomic mass is 9.98. The Kier molecular flexibility index (Phi) is 5.75. The van der Waals surface area contributed by atoms with Crippen LogP contribution in [0.4, 0.5) is 0 Å². The second-order valence-corrected chi connectivity index (χ2v) is 5.33. The number of hydrogen-bond donors (Lipinski definition) is 1. The third kappa shape index (κ3) is 4.56. The predicted molar refractivity (Wildman–Crippen MR) is 80.0 cm³/mol. The van der Waals surface area contributed by atoms with Gasteiger partial charge in [-0.25, -0.2) is 0 Å². The smallest absolute Gasteiger partial charge is 0.251 e. The van der Waals surface area contributed by atoms with Crippen LogP contribution in [0.3, 0.4) is 0 Å². The van der Waals surface area contributed by atoms with Crippen LogP contribution in [-0.4, -0.2) is 50.1 Å². The molecule has 1 N–H and O–H groups in total. The van der Waals surface area contributed by atoms with Gasteiger partial charge in [0.1, 0.15) is 0 Å². The van der Waals surface area contributed by atoms with Gasteiger partial charge >= 0.3 is 0 Å². The lowest BCUT2D eigenvalue weighted by Crippen LogP contribution is -2.44. The predicted octanol–water partition coefficient (Wildman–Crippen LogP) is 1.30. The SMILES string of the molecule is COCC1CCN(C(=O)CNC(=O)c2ccccc2)CC1. The molecule has 1 aliphatic heterocycles. The normalized spacial score (nSPS) is 15.8. The molecule has 0 bridgehead atoms. The fourth-order valence-electron chi connectivity index (χ4n) is 2.54. The number of benzene rings is 1. The molecule has 1 aliphatic rings. The molecule has 1 aromatic rings. The highest BCUT2D eigenvalue weighted by Gasteiger charge is 2.22. The van der Waals surface area contributed by atoms with Crippen molar-refractivity contribution in [3.05, 3.63) is 35.9 Å². The van der Waals surface area contributed by atoms with Crippen LogP contribution in [0.2, 0.25) is 0 Å². The lowest BCUT2D eigenvalue weighted by Gasteiger charge is -2.31. The van der Waals surface area contributed by atoms with Crippen molar-refractivity contribution in [3.8, 4) is 0 Å². The number of hydrogen-bond acceptors (Lipinski definition) is 3. The molecule has 1 fully saturated rings.